The Kier molecular flexibility index (Phi) is 6.69. The van der Waals surface area contributed by atoms with Crippen molar-refractivity contribution in [2.24, 2.45) is 5.92 Å². The molecule has 0 saturated heterocycles. The van der Waals surface area contributed by atoms with Crippen LogP contribution in [0.25, 0.3) is 11.0 Å². The van der Waals surface area contributed by atoms with Crippen LogP contribution in [0.2, 0.25) is 0 Å². The third kappa shape index (κ3) is 4.71. The first-order valence-corrected chi connectivity index (χ1v) is 9.98. The summed E-state index contributed by atoms with van der Waals surface area (Å²) in [5.74, 6) is 2.39. The highest BCUT2D eigenvalue weighted by atomic mass is 16.5. The van der Waals surface area contributed by atoms with Gasteiger partial charge in [-0.3, -0.25) is 4.79 Å². The van der Waals surface area contributed by atoms with E-state index in [9.17, 15) is 4.79 Å². The van der Waals surface area contributed by atoms with Crippen LogP contribution in [0, 0.1) is 5.92 Å². The fourth-order valence-corrected chi connectivity index (χ4v) is 3.25. The lowest BCUT2D eigenvalue weighted by Crippen LogP contribution is -2.25. The van der Waals surface area contributed by atoms with Gasteiger partial charge in [0, 0.05) is 25.1 Å². The molecule has 3 rings (SSSR count). The third-order valence-corrected chi connectivity index (χ3v) is 5.14. The second-order valence-corrected chi connectivity index (χ2v) is 7.23. The van der Waals surface area contributed by atoms with Crippen molar-refractivity contribution in [3.05, 3.63) is 59.9 Å². The molecule has 5 heteroatoms. The number of benzene rings is 2. The van der Waals surface area contributed by atoms with E-state index in [1.54, 1.807) is 31.4 Å². The SMILES string of the molecule is CCC(C)Cn1c(CCCNC(=O)c2ccc(OC)cc2)nc2ccccc21. The number of carbonyl (C=O) groups is 1. The minimum atomic E-state index is -0.0595. The lowest BCUT2D eigenvalue weighted by atomic mass is 10.1. The Hall–Kier alpha value is -2.82. The first kappa shape index (κ1) is 19.9. The summed E-state index contributed by atoms with van der Waals surface area (Å²) in [5.41, 5.74) is 2.88. The van der Waals surface area contributed by atoms with Gasteiger partial charge in [-0.2, -0.15) is 0 Å². The topological polar surface area (TPSA) is 56.2 Å². The van der Waals surface area contributed by atoms with E-state index >= 15 is 0 Å². The zero-order valence-electron chi connectivity index (χ0n) is 16.9. The van der Waals surface area contributed by atoms with Crippen LogP contribution in [0.3, 0.4) is 0 Å². The van der Waals surface area contributed by atoms with Gasteiger partial charge in [0.15, 0.2) is 0 Å². The van der Waals surface area contributed by atoms with Crippen LogP contribution in [-0.4, -0.2) is 29.1 Å². The molecule has 1 amide bonds. The molecule has 148 valence electrons. The Morgan fingerprint density at radius 2 is 1.93 bits per heavy atom. The van der Waals surface area contributed by atoms with Crippen LogP contribution >= 0.6 is 0 Å². The maximum absolute atomic E-state index is 12.3. The van der Waals surface area contributed by atoms with Gasteiger partial charge in [0.1, 0.15) is 11.6 Å². The van der Waals surface area contributed by atoms with E-state index in [4.69, 9.17) is 9.72 Å². The van der Waals surface area contributed by atoms with Crippen LogP contribution < -0.4 is 10.1 Å². The van der Waals surface area contributed by atoms with Gasteiger partial charge in [-0.15, -0.1) is 0 Å². The number of imidazole rings is 1. The van der Waals surface area contributed by atoms with Gasteiger partial charge in [-0.05, 0) is 48.7 Å². The highest BCUT2D eigenvalue weighted by Crippen LogP contribution is 2.20. The summed E-state index contributed by atoms with van der Waals surface area (Å²) in [6.07, 6.45) is 2.84. The molecule has 0 bridgehead atoms. The van der Waals surface area contributed by atoms with Gasteiger partial charge < -0.3 is 14.6 Å². The summed E-state index contributed by atoms with van der Waals surface area (Å²) in [5, 5.41) is 3.00. The van der Waals surface area contributed by atoms with Crippen LogP contribution in [0.1, 0.15) is 42.9 Å². The second-order valence-electron chi connectivity index (χ2n) is 7.23. The number of hydrogen-bond acceptors (Lipinski definition) is 3. The van der Waals surface area contributed by atoms with Crippen LogP contribution in [-0.2, 0) is 13.0 Å². The zero-order chi connectivity index (χ0) is 19.9. The number of fused-ring (bicyclic) bond motifs is 1. The summed E-state index contributed by atoms with van der Waals surface area (Å²) in [6, 6.07) is 15.5. The van der Waals surface area contributed by atoms with Crippen molar-refractivity contribution in [1.29, 1.82) is 0 Å². The number of nitrogens with one attached hydrogen (secondary N) is 1. The molecule has 0 radical (unpaired) electrons. The van der Waals surface area contributed by atoms with Gasteiger partial charge >= 0.3 is 0 Å². The standard InChI is InChI=1S/C23H29N3O2/c1-4-17(2)16-26-21-9-6-5-8-20(21)25-22(26)10-7-15-24-23(27)18-11-13-19(28-3)14-12-18/h5-6,8-9,11-14,17H,4,7,10,15-16H2,1-3H3,(H,24,27). The first-order chi connectivity index (χ1) is 13.6. The predicted molar refractivity (Wildman–Crippen MR) is 113 cm³/mol. The van der Waals surface area contributed by atoms with E-state index < -0.39 is 0 Å². The summed E-state index contributed by atoms with van der Waals surface area (Å²) < 4.78 is 7.47. The number of aryl methyl sites for hydroxylation is 1. The third-order valence-electron chi connectivity index (χ3n) is 5.14. The molecule has 1 aromatic heterocycles. The number of carbonyl (C=O) groups excluding carboxylic acids is 1. The van der Waals surface area contributed by atoms with E-state index in [0.29, 0.717) is 18.0 Å². The monoisotopic (exact) mass is 379 g/mol. The van der Waals surface area contributed by atoms with E-state index in [1.165, 1.54) is 5.52 Å². The molecular formula is C23H29N3O2. The second kappa shape index (κ2) is 9.40. The van der Waals surface area contributed by atoms with E-state index in [2.05, 4.69) is 41.9 Å². The van der Waals surface area contributed by atoms with Crippen molar-refractivity contribution in [3.8, 4) is 5.75 Å². The number of nitrogens with zero attached hydrogens (tertiary/aromatic N) is 2. The van der Waals surface area contributed by atoms with Crippen molar-refractivity contribution in [1.82, 2.24) is 14.9 Å². The number of para-hydroxylation sites is 2. The predicted octanol–water partition coefficient (Wildman–Crippen LogP) is 4.45. The average molecular weight is 380 g/mol. The molecule has 0 aliphatic heterocycles. The molecule has 28 heavy (non-hydrogen) atoms. The van der Waals surface area contributed by atoms with Crippen molar-refractivity contribution in [3.63, 3.8) is 0 Å². The van der Waals surface area contributed by atoms with Crippen molar-refractivity contribution in [2.75, 3.05) is 13.7 Å². The number of ether oxygens (including phenoxy) is 1. The Balaban J connectivity index is 1.60. The highest BCUT2D eigenvalue weighted by molar-refractivity contribution is 5.94. The van der Waals surface area contributed by atoms with Gasteiger partial charge in [0.25, 0.3) is 5.91 Å². The Labute approximate surface area is 166 Å². The summed E-state index contributed by atoms with van der Waals surface area (Å²) in [4.78, 5) is 17.1. The number of rotatable bonds is 9. The molecular weight excluding hydrogens is 350 g/mol. The number of amides is 1. The Morgan fingerprint density at radius 3 is 2.64 bits per heavy atom. The Bertz CT molecular complexity index is 915. The van der Waals surface area contributed by atoms with Gasteiger partial charge in [-0.25, -0.2) is 4.98 Å². The number of methoxy groups -OCH3 is 1. The lowest BCUT2D eigenvalue weighted by molar-refractivity contribution is 0.0953. The molecule has 3 aromatic rings. The van der Waals surface area contributed by atoms with Crippen molar-refractivity contribution < 1.29 is 9.53 Å². The van der Waals surface area contributed by atoms with Gasteiger partial charge in [-0.1, -0.05) is 32.4 Å². The summed E-state index contributed by atoms with van der Waals surface area (Å²) in [7, 11) is 1.61. The highest BCUT2D eigenvalue weighted by Gasteiger charge is 2.12. The maximum Gasteiger partial charge on any atom is 0.251 e. The number of hydrogen-bond donors (Lipinski definition) is 1. The van der Waals surface area contributed by atoms with E-state index in [1.807, 2.05) is 6.07 Å². The maximum atomic E-state index is 12.3. The average Bonchev–Trinajstić information content (AvgIpc) is 3.08. The minimum Gasteiger partial charge on any atom is -0.497 e. The molecule has 2 aromatic carbocycles. The van der Waals surface area contributed by atoms with Crippen LogP contribution in [0.15, 0.2) is 48.5 Å². The quantitative estimate of drug-likeness (QED) is 0.559. The van der Waals surface area contributed by atoms with Crippen molar-refractivity contribution in [2.45, 2.75) is 39.7 Å². The molecule has 0 saturated carbocycles. The molecule has 0 aliphatic carbocycles. The molecule has 1 heterocycles. The molecule has 1 unspecified atom stereocenters. The van der Waals surface area contributed by atoms with Crippen molar-refractivity contribution >= 4 is 16.9 Å². The molecule has 5 nitrogen and oxygen atoms in total. The van der Waals surface area contributed by atoms with Crippen LogP contribution in [0.4, 0.5) is 0 Å². The van der Waals surface area contributed by atoms with Gasteiger partial charge in [0.2, 0.25) is 0 Å². The van der Waals surface area contributed by atoms with Crippen LogP contribution in [0.5, 0.6) is 5.75 Å². The summed E-state index contributed by atoms with van der Waals surface area (Å²) >= 11 is 0. The summed E-state index contributed by atoms with van der Waals surface area (Å²) in [6.45, 7) is 6.09. The normalized spacial score (nSPS) is 12.1. The molecule has 0 aliphatic rings. The first-order valence-electron chi connectivity index (χ1n) is 9.98. The number of aromatic nitrogens is 2. The minimum absolute atomic E-state index is 0.0595. The van der Waals surface area contributed by atoms with Gasteiger partial charge in [0.05, 0.1) is 18.1 Å². The smallest absolute Gasteiger partial charge is 0.251 e. The largest absolute Gasteiger partial charge is 0.497 e. The fourth-order valence-electron chi connectivity index (χ4n) is 3.25. The van der Waals surface area contributed by atoms with E-state index in [0.717, 1.165) is 42.9 Å². The fraction of sp³-hybridized carbons (Fsp3) is 0.391. The van der Waals surface area contributed by atoms with E-state index in [-0.39, 0.29) is 5.91 Å². The Morgan fingerprint density at radius 1 is 1.18 bits per heavy atom. The molecule has 0 spiro atoms. The lowest BCUT2D eigenvalue weighted by Gasteiger charge is -2.14. The zero-order valence-corrected chi connectivity index (χ0v) is 16.9. The molecule has 1 N–H and O–H groups in total. The molecule has 0 fully saturated rings. The molecule has 1 atom stereocenters.